The van der Waals surface area contributed by atoms with E-state index >= 15 is 0 Å². The lowest BCUT2D eigenvalue weighted by Gasteiger charge is -2.04. The van der Waals surface area contributed by atoms with Crippen molar-refractivity contribution < 1.29 is 4.79 Å². The number of rotatable bonds is 4. The molecule has 0 aromatic carbocycles. The van der Waals surface area contributed by atoms with Crippen LogP contribution in [0, 0.1) is 5.92 Å². The van der Waals surface area contributed by atoms with Crippen molar-refractivity contribution in [3.63, 3.8) is 0 Å². The van der Waals surface area contributed by atoms with Crippen LogP contribution in [0.1, 0.15) is 13.3 Å². The summed E-state index contributed by atoms with van der Waals surface area (Å²) < 4.78 is 0. The third-order valence-corrected chi connectivity index (χ3v) is 3.89. The standard InChI is InChI=1S/C8H14OS2/c1-2-10-4-3-7-5-11-6-8(7)9/h7H,2-6H2,1H3. The van der Waals surface area contributed by atoms with Gasteiger partial charge in [0, 0.05) is 11.7 Å². The SMILES string of the molecule is CCSCCC1CSCC1=O. The van der Waals surface area contributed by atoms with Crippen LogP contribution in [0.3, 0.4) is 0 Å². The van der Waals surface area contributed by atoms with Crippen molar-refractivity contribution in [3.05, 3.63) is 0 Å². The summed E-state index contributed by atoms with van der Waals surface area (Å²) in [5.41, 5.74) is 0. The van der Waals surface area contributed by atoms with Gasteiger partial charge in [0.15, 0.2) is 0 Å². The van der Waals surface area contributed by atoms with Gasteiger partial charge in [-0.3, -0.25) is 4.79 Å². The van der Waals surface area contributed by atoms with E-state index in [0.717, 1.165) is 23.7 Å². The average molecular weight is 190 g/mol. The molecule has 1 unspecified atom stereocenters. The highest BCUT2D eigenvalue weighted by atomic mass is 32.2. The molecule has 1 rings (SSSR count). The van der Waals surface area contributed by atoms with Crippen LogP contribution >= 0.6 is 23.5 Å². The van der Waals surface area contributed by atoms with Gasteiger partial charge in [0.1, 0.15) is 5.78 Å². The number of ketones is 1. The highest BCUT2D eigenvalue weighted by Gasteiger charge is 2.23. The second-order valence-corrected chi connectivity index (χ2v) is 5.09. The zero-order valence-corrected chi connectivity index (χ0v) is 8.47. The summed E-state index contributed by atoms with van der Waals surface area (Å²) in [6.07, 6.45) is 1.10. The molecule has 0 aliphatic carbocycles. The third-order valence-electron chi connectivity index (χ3n) is 1.83. The van der Waals surface area contributed by atoms with Crippen LogP contribution in [-0.2, 0) is 4.79 Å². The fourth-order valence-corrected chi connectivity index (χ4v) is 3.06. The van der Waals surface area contributed by atoms with E-state index in [1.807, 2.05) is 11.8 Å². The molecule has 11 heavy (non-hydrogen) atoms. The largest absolute Gasteiger partial charge is 0.298 e. The van der Waals surface area contributed by atoms with E-state index in [-0.39, 0.29) is 0 Å². The minimum atomic E-state index is 0.388. The van der Waals surface area contributed by atoms with Crippen molar-refractivity contribution in [2.75, 3.05) is 23.0 Å². The lowest BCUT2D eigenvalue weighted by atomic mass is 10.1. The molecule has 0 saturated carbocycles. The van der Waals surface area contributed by atoms with Gasteiger partial charge in [-0.1, -0.05) is 6.92 Å². The van der Waals surface area contributed by atoms with E-state index in [1.54, 1.807) is 11.8 Å². The maximum atomic E-state index is 11.1. The Balaban J connectivity index is 2.10. The smallest absolute Gasteiger partial charge is 0.146 e. The Bertz CT molecular complexity index is 136. The average Bonchev–Trinajstić information content (AvgIpc) is 2.37. The van der Waals surface area contributed by atoms with Gasteiger partial charge in [0.2, 0.25) is 0 Å². The van der Waals surface area contributed by atoms with Crippen molar-refractivity contribution >= 4 is 29.3 Å². The molecule has 1 saturated heterocycles. The van der Waals surface area contributed by atoms with Gasteiger partial charge >= 0.3 is 0 Å². The number of hydrogen-bond acceptors (Lipinski definition) is 3. The monoisotopic (exact) mass is 190 g/mol. The third kappa shape index (κ3) is 3.08. The normalized spacial score (nSPS) is 24.5. The van der Waals surface area contributed by atoms with Crippen LogP contribution in [0.4, 0.5) is 0 Å². The van der Waals surface area contributed by atoms with Crippen LogP contribution in [0.25, 0.3) is 0 Å². The van der Waals surface area contributed by atoms with Crippen molar-refractivity contribution in [2.24, 2.45) is 5.92 Å². The first-order chi connectivity index (χ1) is 5.34. The first kappa shape index (κ1) is 9.46. The summed E-state index contributed by atoms with van der Waals surface area (Å²) in [6.45, 7) is 2.16. The molecule has 3 heteroatoms. The maximum absolute atomic E-state index is 11.1. The Hall–Kier alpha value is 0.370. The first-order valence-electron chi connectivity index (χ1n) is 4.02. The molecule has 0 radical (unpaired) electrons. The molecule has 1 nitrogen and oxygen atoms in total. The fraction of sp³-hybridized carbons (Fsp3) is 0.875. The van der Waals surface area contributed by atoms with Gasteiger partial charge in [-0.15, -0.1) is 0 Å². The quantitative estimate of drug-likeness (QED) is 0.632. The van der Waals surface area contributed by atoms with Gasteiger partial charge in [-0.2, -0.15) is 23.5 Å². The van der Waals surface area contributed by atoms with Crippen LogP contribution < -0.4 is 0 Å². The first-order valence-corrected chi connectivity index (χ1v) is 6.33. The summed E-state index contributed by atoms with van der Waals surface area (Å²) in [5, 5.41) is 0. The molecule has 0 aromatic heterocycles. The molecule has 64 valence electrons. The lowest BCUT2D eigenvalue weighted by molar-refractivity contribution is -0.119. The van der Waals surface area contributed by atoms with Crippen molar-refractivity contribution in [1.82, 2.24) is 0 Å². The molecule has 1 heterocycles. The van der Waals surface area contributed by atoms with Gasteiger partial charge < -0.3 is 0 Å². The van der Waals surface area contributed by atoms with Crippen LogP contribution in [-0.4, -0.2) is 28.8 Å². The molecule has 1 fully saturated rings. The summed E-state index contributed by atoms with van der Waals surface area (Å²) in [6, 6.07) is 0. The molecule has 0 amide bonds. The molecule has 1 atom stereocenters. The van der Waals surface area contributed by atoms with Crippen LogP contribution in [0.2, 0.25) is 0 Å². The molecule has 0 aromatic rings. The van der Waals surface area contributed by atoms with Crippen molar-refractivity contribution in [3.8, 4) is 0 Å². The van der Waals surface area contributed by atoms with Crippen molar-refractivity contribution in [1.29, 1.82) is 0 Å². The van der Waals surface area contributed by atoms with Crippen LogP contribution in [0.5, 0.6) is 0 Å². The Morgan fingerprint density at radius 1 is 1.73 bits per heavy atom. The minimum Gasteiger partial charge on any atom is -0.298 e. The molecule has 1 aliphatic heterocycles. The summed E-state index contributed by atoms with van der Waals surface area (Å²) in [4.78, 5) is 11.1. The number of hydrogen-bond donors (Lipinski definition) is 0. The molecular weight excluding hydrogens is 176 g/mol. The van der Waals surface area contributed by atoms with Gasteiger partial charge in [0.05, 0.1) is 5.75 Å². The Morgan fingerprint density at radius 2 is 2.55 bits per heavy atom. The van der Waals surface area contributed by atoms with E-state index in [1.165, 1.54) is 5.75 Å². The highest BCUT2D eigenvalue weighted by Crippen LogP contribution is 2.24. The molecule has 0 bridgehead atoms. The zero-order valence-electron chi connectivity index (χ0n) is 6.84. The maximum Gasteiger partial charge on any atom is 0.146 e. The van der Waals surface area contributed by atoms with E-state index < -0.39 is 0 Å². The van der Waals surface area contributed by atoms with E-state index in [0.29, 0.717) is 11.7 Å². The van der Waals surface area contributed by atoms with Gasteiger partial charge in [0.25, 0.3) is 0 Å². The second-order valence-electron chi connectivity index (χ2n) is 2.66. The second kappa shape index (κ2) is 5.09. The summed E-state index contributed by atoms with van der Waals surface area (Å²) >= 11 is 3.73. The summed E-state index contributed by atoms with van der Waals surface area (Å²) in [5.74, 6) is 5.04. The fourth-order valence-electron chi connectivity index (χ4n) is 1.13. The van der Waals surface area contributed by atoms with Gasteiger partial charge in [-0.25, -0.2) is 0 Å². The van der Waals surface area contributed by atoms with Gasteiger partial charge in [-0.05, 0) is 17.9 Å². The zero-order chi connectivity index (χ0) is 8.10. The number of Topliss-reactive ketones (excluding diaryl/α,β-unsaturated/α-hetero) is 1. The molecule has 0 spiro atoms. The highest BCUT2D eigenvalue weighted by molar-refractivity contribution is 8.00. The molecular formula is C8H14OS2. The predicted molar refractivity (Wildman–Crippen MR) is 53.4 cm³/mol. The summed E-state index contributed by atoms with van der Waals surface area (Å²) in [7, 11) is 0. The number of carbonyl (C=O) groups excluding carboxylic acids is 1. The van der Waals surface area contributed by atoms with Crippen molar-refractivity contribution in [2.45, 2.75) is 13.3 Å². The Kier molecular flexibility index (Phi) is 4.38. The lowest BCUT2D eigenvalue weighted by Crippen LogP contribution is -2.11. The Labute approximate surface area is 76.7 Å². The number of thioether (sulfide) groups is 2. The van der Waals surface area contributed by atoms with E-state index in [2.05, 4.69) is 6.92 Å². The minimum absolute atomic E-state index is 0.388. The van der Waals surface area contributed by atoms with E-state index in [9.17, 15) is 4.79 Å². The molecule has 1 aliphatic rings. The van der Waals surface area contributed by atoms with E-state index in [4.69, 9.17) is 0 Å². The van der Waals surface area contributed by atoms with Crippen LogP contribution in [0.15, 0.2) is 0 Å². The number of carbonyl (C=O) groups is 1. The molecule has 0 N–H and O–H groups in total. The Morgan fingerprint density at radius 3 is 3.09 bits per heavy atom. The predicted octanol–water partition coefficient (Wildman–Crippen LogP) is 2.06. The topological polar surface area (TPSA) is 17.1 Å².